The van der Waals surface area contributed by atoms with Crippen molar-refractivity contribution in [1.29, 1.82) is 0 Å². The fourth-order valence-electron chi connectivity index (χ4n) is 1.05. The van der Waals surface area contributed by atoms with E-state index < -0.39 is 10.2 Å². The molecule has 1 fully saturated rings. The molecule has 1 rings (SSSR count). The van der Waals surface area contributed by atoms with Crippen LogP contribution in [0, 0.1) is 0 Å². The second kappa shape index (κ2) is 5.26. The van der Waals surface area contributed by atoms with Gasteiger partial charge in [-0.25, -0.2) is 4.72 Å². The summed E-state index contributed by atoms with van der Waals surface area (Å²) in [6.07, 6.45) is 0. The standard InChI is InChI=1S/C6H13BrN2O3S/c7-1-2-8-13(10,11)9-3-5-12-6-4-9/h8H,1-6H2. The van der Waals surface area contributed by atoms with E-state index in [1.165, 1.54) is 4.31 Å². The minimum absolute atomic E-state index is 0.416. The second-order valence-electron chi connectivity index (χ2n) is 2.60. The first-order chi connectivity index (χ1) is 6.17. The summed E-state index contributed by atoms with van der Waals surface area (Å²) in [6.45, 7) is 2.26. The molecular formula is C6H13BrN2O3S. The van der Waals surface area contributed by atoms with Gasteiger partial charge in [-0.15, -0.1) is 0 Å². The highest BCUT2D eigenvalue weighted by molar-refractivity contribution is 9.09. The lowest BCUT2D eigenvalue weighted by molar-refractivity contribution is 0.0725. The maximum atomic E-state index is 11.5. The Morgan fingerprint density at radius 3 is 2.54 bits per heavy atom. The Kier molecular flexibility index (Phi) is 4.60. The van der Waals surface area contributed by atoms with Gasteiger partial charge in [0.2, 0.25) is 0 Å². The fourth-order valence-corrected chi connectivity index (χ4v) is 2.68. The van der Waals surface area contributed by atoms with Crippen molar-refractivity contribution in [2.45, 2.75) is 0 Å². The largest absolute Gasteiger partial charge is 0.379 e. The van der Waals surface area contributed by atoms with E-state index >= 15 is 0 Å². The highest BCUT2D eigenvalue weighted by Gasteiger charge is 2.22. The first kappa shape index (κ1) is 11.4. The monoisotopic (exact) mass is 272 g/mol. The molecule has 0 radical (unpaired) electrons. The third-order valence-corrected chi connectivity index (χ3v) is 3.70. The predicted octanol–water partition coefficient (Wildman–Crippen LogP) is -0.452. The number of hydrogen-bond donors (Lipinski definition) is 1. The summed E-state index contributed by atoms with van der Waals surface area (Å²) in [7, 11) is -3.27. The molecule has 1 heterocycles. The highest BCUT2D eigenvalue weighted by Crippen LogP contribution is 2.02. The maximum absolute atomic E-state index is 11.5. The third kappa shape index (κ3) is 3.51. The van der Waals surface area contributed by atoms with Crippen LogP contribution in [-0.2, 0) is 14.9 Å². The van der Waals surface area contributed by atoms with Gasteiger partial charge in [-0.05, 0) is 0 Å². The third-order valence-electron chi connectivity index (χ3n) is 1.69. The topological polar surface area (TPSA) is 58.6 Å². The van der Waals surface area contributed by atoms with Crippen LogP contribution in [-0.4, -0.2) is 50.9 Å². The normalized spacial score (nSPS) is 20.4. The van der Waals surface area contributed by atoms with Gasteiger partial charge >= 0.3 is 0 Å². The molecule has 0 aromatic heterocycles. The Morgan fingerprint density at radius 1 is 1.38 bits per heavy atom. The van der Waals surface area contributed by atoms with E-state index in [1.807, 2.05) is 0 Å². The molecule has 1 aliphatic heterocycles. The molecule has 1 N–H and O–H groups in total. The van der Waals surface area contributed by atoms with Crippen molar-refractivity contribution in [2.24, 2.45) is 0 Å². The molecule has 5 nitrogen and oxygen atoms in total. The van der Waals surface area contributed by atoms with Gasteiger partial charge in [-0.1, -0.05) is 15.9 Å². The summed E-state index contributed by atoms with van der Waals surface area (Å²) < 4.78 is 31.9. The summed E-state index contributed by atoms with van der Waals surface area (Å²) in [5, 5.41) is 0.622. The van der Waals surface area contributed by atoms with Gasteiger partial charge < -0.3 is 4.74 Å². The minimum Gasteiger partial charge on any atom is -0.379 e. The molecule has 1 aliphatic rings. The van der Waals surface area contributed by atoms with Crippen molar-refractivity contribution in [3.63, 3.8) is 0 Å². The number of hydrogen-bond acceptors (Lipinski definition) is 3. The molecule has 0 aromatic rings. The van der Waals surface area contributed by atoms with E-state index in [2.05, 4.69) is 20.7 Å². The van der Waals surface area contributed by atoms with Gasteiger partial charge in [0.1, 0.15) is 0 Å². The molecule has 0 saturated carbocycles. The van der Waals surface area contributed by atoms with E-state index in [9.17, 15) is 8.42 Å². The van der Waals surface area contributed by atoms with Crippen LogP contribution in [0.5, 0.6) is 0 Å². The van der Waals surface area contributed by atoms with Gasteiger partial charge in [0.05, 0.1) is 13.2 Å². The molecule has 0 atom stereocenters. The van der Waals surface area contributed by atoms with Crippen molar-refractivity contribution in [3.8, 4) is 0 Å². The molecule has 0 unspecified atom stereocenters. The van der Waals surface area contributed by atoms with Gasteiger partial charge in [0.25, 0.3) is 10.2 Å². The van der Waals surface area contributed by atoms with Crippen LogP contribution in [0.4, 0.5) is 0 Å². The average molecular weight is 273 g/mol. The zero-order chi connectivity index (χ0) is 9.73. The van der Waals surface area contributed by atoms with E-state index in [0.29, 0.717) is 38.2 Å². The summed E-state index contributed by atoms with van der Waals surface area (Å²) in [6, 6.07) is 0. The van der Waals surface area contributed by atoms with Crippen LogP contribution in [0.1, 0.15) is 0 Å². The number of nitrogens with zero attached hydrogens (tertiary/aromatic N) is 1. The zero-order valence-corrected chi connectivity index (χ0v) is 9.60. The molecule has 0 bridgehead atoms. The van der Waals surface area contributed by atoms with Crippen LogP contribution in [0.25, 0.3) is 0 Å². The second-order valence-corrected chi connectivity index (χ2v) is 5.15. The van der Waals surface area contributed by atoms with Crippen molar-refractivity contribution >= 4 is 26.1 Å². The van der Waals surface area contributed by atoms with Crippen LogP contribution in [0.15, 0.2) is 0 Å². The number of ether oxygens (including phenoxy) is 1. The smallest absolute Gasteiger partial charge is 0.279 e. The summed E-state index contributed by atoms with van der Waals surface area (Å²) >= 11 is 3.16. The molecule has 0 spiro atoms. The molecule has 7 heteroatoms. The van der Waals surface area contributed by atoms with Crippen molar-refractivity contribution in [2.75, 3.05) is 38.2 Å². The van der Waals surface area contributed by atoms with Crippen LogP contribution < -0.4 is 4.72 Å². The SMILES string of the molecule is O=S(=O)(NCCBr)N1CCOCC1. The maximum Gasteiger partial charge on any atom is 0.279 e. The number of rotatable bonds is 4. The van der Waals surface area contributed by atoms with E-state index in [0.717, 1.165) is 0 Å². The lowest BCUT2D eigenvalue weighted by Crippen LogP contribution is -2.47. The Morgan fingerprint density at radius 2 is 2.00 bits per heavy atom. The summed E-state index contributed by atoms with van der Waals surface area (Å²) in [5.41, 5.74) is 0. The molecule has 1 saturated heterocycles. The van der Waals surface area contributed by atoms with Gasteiger partial charge in [0, 0.05) is 25.0 Å². The summed E-state index contributed by atoms with van der Waals surface area (Å²) in [4.78, 5) is 0. The summed E-state index contributed by atoms with van der Waals surface area (Å²) in [5.74, 6) is 0. The van der Waals surface area contributed by atoms with E-state index in [-0.39, 0.29) is 0 Å². The lowest BCUT2D eigenvalue weighted by atomic mass is 10.5. The van der Waals surface area contributed by atoms with E-state index in [4.69, 9.17) is 4.74 Å². The minimum atomic E-state index is -3.27. The molecule has 0 aliphatic carbocycles. The van der Waals surface area contributed by atoms with Crippen molar-refractivity contribution < 1.29 is 13.2 Å². The van der Waals surface area contributed by atoms with Gasteiger partial charge in [-0.3, -0.25) is 0 Å². The molecule has 0 aromatic carbocycles. The van der Waals surface area contributed by atoms with Crippen LogP contribution >= 0.6 is 15.9 Å². The highest BCUT2D eigenvalue weighted by atomic mass is 79.9. The first-order valence-corrected chi connectivity index (χ1v) is 6.61. The van der Waals surface area contributed by atoms with Crippen LogP contribution in [0.3, 0.4) is 0 Å². The Labute approximate surface area is 86.7 Å². The number of nitrogens with one attached hydrogen (secondary N) is 1. The number of morpholine rings is 1. The van der Waals surface area contributed by atoms with Crippen molar-refractivity contribution in [3.05, 3.63) is 0 Å². The number of halogens is 1. The molecule has 0 amide bonds. The fraction of sp³-hybridized carbons (Fsp3) is 1.00. The van der Waals surface area contributed by atoms with Gasteiger partial charge in [0.15, 0.2) is 0 Å². The van der Waals surface area contributed by atoms with Gasteiger partial charge in [-0.2, -0.15) is 12.7 Å². The molecule has 78 valence electrons. The molecular weight excluding hydrogens is 260 g/mol. The predicted molar refractivity (Wildman–Crippen MR) is 53.1 cm³/mol. The first-order valence-electron chi connectivity index (χ1n) is 4.05. The van der Waals surface area contributed by atoms with Crippen LogP contribution in [0.2, 0.25) is 0 Å². The molecule has 13 heavy (non-hydrogen) atoms. The van der Waals surface area contributed by atoms with E-state index in [1.54, 1.807) is 0 Å². The Hall–Kier alpha value is 0.310. The van der Waals surface area contributed by atoms with Crippen molar-refractivity contribution in [1.82, 2.24) is 9.03 Å². The average Bonchev–Trinajstić information content (AvgIpc) is 2.16. The quantitative estimate of drug-likeness (QED) is 0.706. The lowest BCUT2D eigenvalue weighted by Gasteiger charge is -2.25. The zero-order valence-electron chi connectivity index (χ0n) is 7.20. The Balaban J connectivity index is 2.47. The Bertz CT molecular complexity index is 238. The number of alkyl halides is 1.